The van der Waals surface area contributed by atoms with Crippen LogP contribution < -0.4 is 0 Å². The Bertz CT molecular complexity index is 850. The fraction of sp³-hybridized carbons (Fsp3) is 0.500. The van der Waals surface area contributed by atoms with E-state index in [4.69, 9.17) is 4.98 Å². The van der Waals surface area contributed by atoms with Crippen LogP contribution in [-0.2, 0) is 11.3 Å². The Morgan fingerprint density at radius 1 is 1.40 bits per heavy atom. The summed E-state index contributed by atoms with van der Waals surface area (Å²) in [5.74, 6) is 1.66. The number of hydrogen-bond acceptors (Lipinski definition) is 4. The van der Waals surface area contributed by atoms with Gasteiger partial charge in [0.25, 0.3) is 0 Å². The van der Waals surface area contributed by atoms with Crippen LogP contribution in [0.15, 0.2) is 30.3 Å². The standard InChI is InChI=1S/C18H23N5OS/c1-14-20-17(18-23(14)10-11-25-18)15-4-2-8-22(12-15)16(24)5-3-7-21-9-6-19-13-21/h6,9-11,13,15H,2-5,7-8,12H2,1H3. The highest BCUT2D eigenvalue weighted by Gasteiger charge is 2.28. The molecule has 4 rings (SSSR count). The Hall–Kier alpha value is -2.15. The molecule has 0 bridgehead atoms. The van der Waals surface area contributed by atoms with Crippen molar-refractivity contribution in [2.24, 2.45) is 0 Å². The first-order valence-electron chi connectivity index (χ1n) is 8.88. The molecule has 1 fully saturated rings. The van der Waals surface area contributed by atoms with Gasteiger partial charge in [-0.2, -0.15) is 0 Å². The maximum Gasteiger partial charge on any atom is 0.222 e. The van der Waals surface area contributed by atoms with Gasteiger partial charge < -0.3 is 9.47 Å². The first-order chi connectivity index (χ1) is 12.2. The first-order valence-corrected chi connectivity index (χ1v) is 9.76. The van der Waals surface area contributed by atoms with Gasteiger partial charge in [-0.15, -0.1) is 11.3 Å². The number of carbonyl (C=O) groups excluding carboxylic acids is 1. The van der Waals surface area contributed by atoms with E-state index in [9.17, 15) is 4.79 Å². The maximum absolute atomic E-state index is 12.6. The van der Waals surface area contributed by atoms with Crippen molar-refractivity contribution in [3.63, 3.8) is 0 Å². The minimum Gasteiger partial charge on any atom is -0.342 e. The number of nitrogens with zero attached hydrogens (tertiary/aromatic N) is 5. The van der Waals surface area contributed by atoms with E-state index in [0.29, 0.717) is 12.3 Å². The Morgan fingerprint density at radius 3 is 3.16 bits per heavy atom. The quantitative estimate of drug-likeness (QED) is 0.705. The number of aryl methyl sites for hydroxylation is 2. The predicted octanol–water partition coefficient (Wildman–Crippen LogP) is 3.09. The monoisotopic (exact) mass is 357 g/mol. The predicted molar refractivity (Wildman–Crippen MR) is 97.8 cm³/mol. The van der Waals surface area contributed by atoms with Crippen molar-refractivity contribution < 1.29 is 4.79 Å². The summed E-state index contributed by atoms with van der Waals surface area (Å²) in [5, 5.41) is 2.11. The minimum absolute atomic E-state index is 0.267. The lowest BCUT2D eigenvalue weighted by Crippen LogP contribution is -2.39. The molecule has 0 N–H and O–H groups in total. The van der Waals surface area contributed by atoms with Gasteiger partial charge in [0.2, 0.25) is 5.91 Å². The molecular weight excluding hydrogens is 334 g/mol. The van der Waals surface area contributed by atoms with Crippen LogP contribution in [0.2, 0.25) is 0 Å². The topological polar surface area (TPSA) is 55.4 Å². The largest absolute Gasteiger partial charge is 0.342 e. The zero-order chi connectivity index (χ0) is 17.2. The minimum atomic E-state index is 0.267. The van der Waals surface area contributed by atoms with E-state index in [1.54, 1.807) is 23.9 Å². The van der Waals surface area contributed by atoms with E-state index >= 15 is 0 Å². The molecule has 0 aromatic carbocycles. The van der Waals surface area contributed by atoms with Crippen LogP contribution in [0.5, 0.6) is 0 Å². The second-order valence-corrected chi connectivity index (χ2v) is 7.60. The van der Waals surface area contributed by atoms with E-state index < -0.39 is 0 Å². The summed E-state index contributed by atoms with van der Waals surface area (Å²) >= 11 is 1.74. The molecule has 6 nitrogen and oxygen atoms in total. The molecule has 3 aromatic rings. The Balaban J connectivity index is 1.38. The molecule has 0 spiro atoms. The molecule has 25 heavy (non-hydrogen) atoms. The highest BCUT2D eigenvalue weighted by Crippen LogP contribution is 2.32. The molecule has 0 aliphatic carbocycles. The number of fused-ring (bicyclic) bond motifs is 1. The lowest BCUT2D eigenvalue weighted by Gasteiger charge is -2.32. The van der Waals surface area contributed by atoms with Crippen LogP contribution in [-0.4, -0.2) is 42.8 Å². The normalized spacial score (nSPS) is 18.1. The zero-order valence-corrected chi connectivity index (χ0v) is 15.3. The van der Waals surface area contributed by atoms with Gasteiger partial charge in [-0.05, 0) is 26.2 Å². The van der Waals surface area contributed by atoms with E-state index in [1.807, 2.05) is 22.6 Å². The number of aromatic nitrogens is 4. The SMILES string of the molecule is Cc1nc(C2CCCN(C(=O)CCCn3ccnc3)C2)c2sccn12. The molecule has 7 heteroatoms. The van der Waals surface area contributed by atoms with Crippen LogP contribution >= 0.6 is 11.3 Å². The molecule has 1 aliphatic heterocycles. The van der Waals surface area contributed by atoms with E-state index in [0.717, 1.165) is 44.7 Å². The number of carbonyl (C=O) groups is 1. The highest BCUT2D eigenvalue weighted by molar-refractivity contribution is 7.15. The van der Waals surface area contributed by atoms with Crippen LogP contribution in [0, 0.1) is 6.92 Å². The van der Waals surface area contributed by atoms with Gasteiger partial charge in [0.15, 0.2) is 0 Å². The molecule has 1 atom stereocenters. The van der Waals surface area contributed by atoms with Gasteiger partial charge >= 0.3 is 0 Å². The summed E-state index contributed by atoms with van der Waals surface area (Å²) in [7, 11) is 0. The van der Waals surface area contributed by atoms with Crippen molar-refractivity contribution >= 4 is 22.1 Å². The fourth-order valence-electron chi connectivity index (χ4n) is 3.68. The first kappa shape index (κ1) is 16.3. The molecule has 1 amide bonds. The third-order valence-corrected chi connectivity index (χ3v) is 5.87. The van der Waals surface area contributed by atoms with E-state index in [1.165, 1.54) is 10.5 Å². The van der Waals surface area contributed by atoms with Crippen molar-refractivity contribution in [1.29, 1.82) is 0 Å². The molecule has 1 aliphatic rings. The summed E-state index contributed by atoms with van der Waals surface area (Å²) in [4.78, 5) is 24.7. The summed E-state index contributed by atoms with van der Waals surface area (Å²) in [6, 6.07) is 0. The van der Waals surface area contributed by atoms with Crippen molar-refractivity contribution in [3.8, 4) is 0 Å². The average Bonchev–Trinajstić information content (AvgIpc) is 3.35. The fourth-order valence-corrected chi connectivity index (χ4v) is 4.63. The lowest BCUT2D eigenvalue weighted by atomic mass is 9.95. The average molecular weight is 357 g/mol. The van der Waals surface area contributed by atoms with Crippen molar-refractivity contribution in [2.45, 2.75) is 45.1 Å². The van der Waals surface area contributed by atoms with Crippen LogP contribution in [0.3, 0.4) is 0 Å². The molecular formula is C18H23N5OS. The third kappa shape index (κ3) is 3.33. The number of imidazole rings is 2. The molecule has 132 valence electrons. The molecule has 0 saturated carbocycles. The van der Waals surface area contributed by atoms with Gasteiger partial charge in [-0.1, -0.05) is 0 Å². The Labute approximate surface area is 151 Å². The summed E-state index contributed by atoms with van der Waals surface area (Å²) in [6.07, 6.45) is 11.2. The third-order valence-electron chi connectivity index (χ3n) is 4.99. The number of rotatable bonds is 5. The highest BCUT2D eigenvalue weighted by atomic mass is 32.1. The zero-order valence-electron chi connectivity index (χ0n) is 14.5. The molecule has 1 saturated heterocycles. The molecule has 0 radical (unpaired) electrons. The van der Waals surface area contributed by atoms with Crippen molar-refractivity contribution in [2.75, 3.05) is 13.1 Å². The number of hydrogen-bond donors (Lipinski definition) is 0. The van der Waals surface area contributed by atoms with Gasteiger partial charge in [-0.25, -0.2) is 9.97 Å². The van der Waals surface area contributed by atoms with Gasteiger partial charge in [-0.3, -0.25) is 9.20 Å². The van der Waals surface area contributed by atoms with Crippen LogP contribution in [0.25, 0.3) is 4.83 Å². The number of likely N-dealkylation sites (tertiary alicyclic amines) is 1. The van der Waals surface area contributed by atoms with E-state index in [-0.39, 0.29) is 5.91 Å². The Kier molecular flexibility index (Phi) is 4.57. The van der Waals surface area contributed by atoms with Crippen molar-refractivity contribution in [1.82, 2.24) is 23.8 Å². The van der Waals surface area contributed by atoms with Gasteiger partial charge in [0.1, 0.15) is 10.7 Å². The maximum atomic E-state index is 12.6. The van der Waals surface area contributed by atoms with Gasteiger partial charge in [0, 0.05) is 55.9 Å². The van der Waals surface area contributed by atoms with Crippen molar-refractivity contribution in [3.05, 3.63) is 41.8 Å². The summed E-state index contributed by atoms with van der Waals surface area (Å²) in [5.41, 5.74) is 1.17. The lowest BCUT2D eigenvalue weighted by molar-refractivity contribution is -0.132. The number of amides is 1. The van der Waals surface area contributed by atoms with Gasteiger partial charge in [0.05, 0.1) is 12.0 Å². The Morgan fingerprint density at radius 2 is 2.32 bits per heavy atom. The second kappa shape index (κ2) is 7.00. The smallest absolute Gasteiger partial charge is 0.222 e. The van der Waals surface area contributed by atoms with Crippen LogP contribution in [0.4, 0.5) is 0 Å². The summed E-state index contributed by atoms with van der Waals surface area (Å²) in [6.45, 7) is 4.57. The molecule has 3 aromatic heterocycles. The van der Waals surface area contributed by atoms with E-state index in [2.05, 4.69) is 21.0 Å². The summed E-state index contributed by atoms with van der Waals surface area (Å²) < 4.78 is 4.18. The van der Waals surface area contributed by atoms with Crippen LogP contribution in [0.1, 0.15) is 43.1 Å². The number of thiazole rings is 1. The molecule has 1 unspecified atom stereocenters. The second-order valence-electron chi connectivity index (χ2n) is 6.71. The number of piperidine rings is 1. The molecule has 4 heterocycles.